The Morgan fingerprint density at radius 1 is 0.317 bits per heavy atom. The van der Waals surface area contributed by atoms with Crippen LogP contribution in [0.25, 0.3) is 0 Å². The Balaban J connectivity index is 4.33. The van der Waals surface area contributed by atoms with Crippen LogP contribution in [0.15, 0.2) is 24.3 Å². The van der Waals surface area contributed by atoms with Crippen molar-refractivity contribution < 1.29 is 28.6 Å². The average molecular weight is 845 g/mol. The van der Waals surface area contributed by atoms with E-state index in [1.807, 2.05) is 0 Å². The Morgan fingerprint density at radius 2 is 0.550 bits per heavy atom. The first-order valence-electron chi connectivity index (χ1n) is 26.3. The van der Waals surface area contributed by atoms with Gasteiger partial charge in [0.1, 0.15) is 13.2 Å². The molecule has 0 N–H and O–H groups in total. The molecule has 0 aliphatic carbocycles. The second kappa shape index (κ2) is 49.5. The Hall–Kier alpha value is -2.11. The minimum absolute atomic E-state index is 0.0725. The standard InChI is InChI=1S/C54H100O6/c1-4-7-10-13-16-19-22-25-26-27-28-30-32-35-38-41-44-47-53(56)59-50-51(49-58-52(55)46-43-40-37-34-31-24-21-18-15-12-9-6-3)60-54(57)48-45-42-39-36-33-29-23-20-17-14-11-8-5-2/h18,21,25-26,51H,4-17,19-20,22-24,27-50H2,1-3H3/b21-18-,26-25-. The lowest BCUT2D eigenvalue weighted by Gasteiger charge is -2.18. The van der Waals surface area contributed by atoms with Crippen LogP contribution in [0.1, 0.15) is 284 Å². The van der Waals surface area contributed by atoms with Gasteiger partial charge < -0.3 is 14.2 Å². The molecule has 0 rings (SSSR count). The third-order valence-corrected chi connectivity index (χ3v) is 11.7. The number of allylic oxidation sites excluding steroid dienone is 4. The Kier molecular flexibility index (Phi) is 47.8. The molecular formula is C54H100O6. The van der Waals surface area contributed by atoms with E-state index in [4.69, 9.17) is 14.2 Å². The lowest BCUT2D eigenvalue weighted by Crippen LogP contribution is -2.30. The van der Waals surface area contributed by atoms with Crippen molar-refractivity contribution in [3.63, 3.8) is 0 Å². The molecule has 0 aliphatic heterocycles. The summed E-state index contributed by atoms with van der Waals surface area (Å²) in [5, 5.41) is 0. The summed E-state index contributed by atoms with van der Waals surface area (Å²) in [7, 11) is 0. The number of esters is 3. The molecule has 1 unspecified atom stereocenters. The fourth-order valence-electron chi connectivity index (χ4n) is 7.67. The molecule has 6 nitrogen and oxygen atoms in total. The number of hydrogen-bond donors (Lipinski definition) is 0. The molecule has 352 valence electrons. The van der Waals surface area contributed by atoms with Crippen molar-refractivity contribution in [3.8, 4) is 0 Å². The molecule has 0 radical (unpaired) electrons. The van der Waals surface area contributed by atoms with E-state index in [-0.39, 0.29) is 31.1 Å². The highest BCUT2D eigenvalue weighted by Gasteiger charge is 2.19. The third kappa shape index (κ3) is 46.9. The van der Waals surface area contributed by atoms with Crippen LogP contribution in [-0.4, -0.2) is 37.2 Å². The molecule has 0 aromatic rings. The number of unbranched alkanes of at least 4 members (excludes halogenated alkanes) is 33. The van der Waals surface area contributed by atoms with Crippen LogP contribution in [0.4, 0.5) is 0 Å². The van der Waals surface area contributed by atoms with Gasteiger partial charge in [0.15, 0.2) is 6.10 Å². The first-order chi connectivity index (χ1) is 29.5. The maximum Gasteiger partial charge on any atom is 0.306 e. The molecule has 60 heavy (non-hydrogen) atoms. The van der Waals surface area contributed by atoms with Crippen molar-refractivity contribution in [2.75, 3.05) is 13.2 Å². The van der Waals surface area contributed by atoms with E-state index in [0.29, 0.717) is 19.3 Å². The van der Waals surface area contributed by atoms with E-state index in [9.17, 15) is 14.4 Å². The second-order valence-corrected chi connectivity index (χ2v) is 17.8. The van der Waals surface area contributed by atoms with E-state index in [1.54, 1.807) is 0 Å². The molecule has 0 aromatic carbocycles. The van der Waals surface area contributed by atoms with Crippen molar-refractivity contribution in [2.45, 2.75) is 290 Å². The average Bonchev–Trinajstić information content (AvgIpc) is 3.24. The van der Waals surface area contributed by atoms with E-state index >= 15 is 0 Å². The summed E-state index contributed by atoms with van der Waals surface area (Å²) in [6.07, 6.45) is 55.8. The molecule has 1 atom stereocenters. The fraction of sp³-hybridized carbons (Fsp3) is 0.870. The van der Waals surface area contributed by atoms with E-state index in [0.717, 1.165) is 64.2 Å². The van der Waals surface area contributed by atoms with Crippen LogP contribution in [0, 0.1) is 0 Å². The smallest absolute Gasteiger partial charge is 0.306 e. The molecule has 0 spiro atoms. The van der Waals surface area contributed by atoms with Gasteiger partial charge in [-0.2, -0.15) is 0 Å². The van der Waals surface area contributed by atoms with Crippen LogP contribution in [0.2, 0.25) is 0 Å². The van der Waals surface area contributed by atoms with Crippen LogP contribution in [-0.2, 0) is 28.6 Å². The summed E-state index contributed by atoms with van der Waals surface area (Å²) >= 11 is 0. The zero-order valence-corrected chi connectivity index (χ0v) is 40.2. The summed E-state index contributed by atoms with van der Waals surface area (Å²) < 4.78 is 16.8. The van der Waals surface area contributed by atoms with Crippen LogP contribution < -0.4 is 0 Å². The number of rotatable bonds is 48. The van der Waals surface area contributed by atoms with Gasteiger partial charge >= 0.3 is 17.9 Å². The van der Waals surface area contributed by atoms with E-state index in [2.05, 4.69) is 45.1 Å². The van der Waals surface area contributed by atoms with Crippen LogP contribution in [0.5, 0.6) is 0 Å². The number of carbonyl (C=O) groups excluding carboxylic acids is 3. The van der Waals surface area contributed by atoms with Crippen LogP contribution in [0.3, 0.4) is 0 Å². The quantitative estimate of drug-likeness (QED) is 0.0263. The third-order valence-electron chi connectivity index (χ3n) is 11.7. The second-order valence-electron chi connectivity index (χ2n) is 17.8. The van der Waals surface area contributed by atoms with E-state index in [1.165, 1.54) is 180 Å². The fourth-order valence-corrected chi connectivity index (χ4v) is 7.67. The van der Waals surface area contributed by atoms with Crippen molar-refractivity contribution >= 4 is 17.9 Å². The largest absolute Gasteiger partial charge is 0.462 e. The van der Waals surface area contributed by atoms with Gasteiger partial charge in [0.2, 0.25) is 0 Å². The lowest BCUT2D eigenvalue weighted by molar-refractivity contribution is -0.167. The molecule has 6 heteroatoms. The maximum atomic E-state index is 12.8. The first kappa shape index (κ1) is 57.9. The molecule has 0 amide bonds. The number of hydrogen-bond acceptors (Lipinski definition) is 6. The van der Waals surface area contributed by atoms with Gasteiger partial charge in [-0.15, -0.1) is 0 Å². The SMILES string of the molecule is CCCCC/C=C\CCCCCCCC(=O)OCC(COC(=O)CCCCCCCCC/C=C\CCCCCCCC)OC(=O)CCCCCCCCCCCCCCC. The molecule has 0 aromatic heterocycles. The van der Waals surface area contributed by atoms with Gasteiger partial charge in [-0.3, -0.25) is 14.4 Å². The van der Waals surface area contributed by atoms with Gasteiger partial charge in [-0.1, -0.05) is 218 Å². The zero-order valence-electron chi connectivity index (χ0n) is 40.2. The molecule has 0 aliphatic rings. The van der Waals surface area contributed by atoms with Gasteiger partial charge in [0, 0.05) is 19.3 Å². The minimum atomic E-state index is -0.771. The van der Waals surface area contributed by atoms with Gasteiger partial charge in [0.25, 0.3) is 0 Å². The highest BCUT2D eigenvalue weighted by atomic mass is 16.6. The zero-order chi connectivity index (χ0) is 43.7. The minimum Gasteiger partial charge on any atom is -0.462 e. The maximum absolute atomic E-state index is 12.8. The summed E-state index contributed by atoms with van der Waals surface area (Å²) in [5.41, 5.74) is 0. The summed E-state index contributed by atoms with van der Waals surface area (Å²) in [6, 6.07) is 0. The Labute approximate surface area is 373 Å². The van der Waals surface area contributed by atoms with Crippen LogP contribution >= 0.6 is 0 Å². The summed E-state index contributed by atoms with van der Waals surface area (Å²) in [4.78, 5) is 37.9. The first-order valence-corrected chi connectivity index (χ1v) is 26.3. The molecule has 0 bridgehead atoms. The molecule has 0 heterocycles. The predicted octanol–water partition coefficient (Wildman–Crippen LogP) is 17.2. The molecule has 0 fully saturated rings. The van der Waals surface area contributed by atoms with Gasteiger partial charge in [-0.05, 0) is 70.6 Å². The predicted molar refractivity (Wildman–Crippen MR) is 256 cm³/mol. The number of ether oxygens (including phenoxy) is 3. The molecule has 0 saturated carbocycles. The summed E-state index contributed by atoms with van der Waals surface area (Å²) in [5.74, 6) is -0.873. The van der Waals surface area contributed by atoms with Crippen molar-refractivity contribution in [1.82, 2.24) is 0 Å². The highest BCUT2D eigenvalue weighted by Crippen LogP contribution is 2.16. The Morgan fingerprint density at radius 3 is 0.867 bits per heavy atom. The van der Waals surface area contributed by atoms with Crippen molar-refractivity contribution in [2.24, 2.45) is 0 Å². The van der Waals surface area contributed by atoms with Crippen molar-refractivity contribution in [1.29, 1.82) is 0 Å². The molecule has 0 saturated heterocycles. The Bertz CT molecular complexity index is 973. The normalized spacial score (nSPS) is 12.1. The lowest BCUT2D eigenvalue weighted by atomic mass is 10.0. The summed E-state index contributed by atoms with van der Waals surface area (Å²) in [6.45, 7) is 6.62. The van der Waals surface area contributed by atoms with Gasteiger partial charge in [-0.25, -0.2) is 0 Å². The van der Waals surface area contributed by atoms with Crippen molar-refractivity contribution in [3.05, 3.63) is 24.3 Å². The van der Waals surface area contributed by atoms with Gasteiger partial charge in [0.05, 0.1) is 0 Å². The topological polar surface area (TPSA) is 78.9 Å². The monoisotopic (exact) mass is 845 g/mol. The number of carbonyl (C=O) groups is 3. The molecular weight excluding hydrogens is 745 g/mol. The highest BCUT2D eigenvalue weighted by molar-refractivity contribution is 5.71. The van der Waals surface area contributed by atoms with E-state index < -0.39 is 6.10 Å².